The molecule has 3 nitrogen and oxygen atoms in total. The van der Waals surface area contributed by atoms with Crippen molar-refractivity contribution in [2.75, 3.05) is 13.2 Å². The normalized spacial score (nSPS) is 12.5. The van der Waals surface area contributed by atoms with E-state index in [0.717, 1.165) is 0 Å². The minimum atomic E-state index is 0.0499. The van der Waals surface area contributed by atoms with Crippen LogP contribution in [0.3, 0.4) is 0 Å². The molecule has 0 spiro atoms. The lowest BCUT2D eigenvalue weighted by Crippen LogP contribution is -2.26. The van der Waals surface area contributed by atoms with Crippen molar-refractivity contribution in [3.8, 4) is 0 Å². The molecule has 0 radical (unpaired) electrons. The second kappa shape index (κ2) is 7.95. The monoisotopic (exact) mass is 263 g/mol. The van der Waals surface area contributed by atoms with Gasteiger partial charge in [-0.2, -0.15) is 0 Å². The molecule has 2 N–H and O–H groups in total. The average molecular weight is 263 g/mol. The highest BCUT2D eigenvalue weighted by molar-refractivity contribution is 5.76. The number of hydrogen-bond acceptors (Lipinski definition) is 2. The van der Waals surface area contributed by atoms with Gasteiger partial charge in [-0.25, -0.2) is 0 Å². The minimum Gasteiger partial charge on any atom is -0.396 e. The maximum Gasteiger partial charge on any atom is 0.220 e. The second-order valence-corrected chi connectivity index (χ2v) is 5.35. The first-order valence-electron chi connectivity index (χ1n) is 7.02. The minimum absolute atomic E-state index is 0.0499. The van der Waals surface area contributed by atoms with Crippen LogP contribution in [0.5, 0.6) is 0 Å². The van der Waals surface area contributed by atoms with Crippen molar-refractivity contribution in [2.45, 2.75) is 45.4 Å². The fourth-order valence-electron chi connectivity index (χ4n) is 1.98. The number of carbonyl (C=O) groups is 1. The summed E-state index contributed by atoms with van der Waals surface area (Å²) in [5.74, 6) is 0.801. The molecule has 1 unspecified atom stereocenters. The van der Waals surface area contributed by atoms with E-state index in [0.29, 0.717) is 25.3 Å². The van der Waals surface area contributed by atoms with Crippen molar-refractivity contribution in [3.05, 3.63) is 35.4 Å². The maximum absolute atomic E-state index is 11.7. The van der Waals surface area contributed by atoms with Gasteiger partial charge in [-0.3, -0.25) is 4.79 Å². The van der Waals surface area contributed by atoms with Crippen LogP contribution in [0.1, 0.15) is 56.6 Å². The lowest BCUT2D eigenvalue weighted by Gasteiger charge is -2.13. The van der Waals surface area contributed by atoms with E-state index >= 15 is 0 Å². The average Bonchev–Trinajstić information content (AvgIpc) is 2.39. The molecule has 0 fully saturated rings. The molecule has 1 aromatic carbocycles. The largest absolute Gasteiger partial charge is 0.396 e. The van der Waals surface area contributed by atoms with Crippen LogP contribution in [-0.4, -0.2) is 24.2 Å². The van der Waals surface area contributed by atoms with E-state index in [1.54, 1.807) is 0 Å². The van der Waals surface area contributed by atoms with Gasteiger partial charge < -0.3 is 10.4 Å². The first kappa shape index (κ1) is 15.7. The molecule has 0 aliphatic heterocycles. The fourth-order valence-corrected chi connectivity index (χ4v) is 1.98. The van der Waals surface area contributed by atoms with Crippen molar-refractivity contribution in [1.82, 2.24) is 5.32 Å². The Morgan fingerprint density at radius 3 is 2.26 bits per heavy atom. The number of benzene rings is 1. The summed E-state index contributed by atoms with van der Waals surface area (Å²) in [6, 6.07) is 8.50. The zero-order valence-corrected chi connectivity index (χ0v) is 12.1. The van der Waals surface area contributed by atoms with Crippen LogP contribution in [0.2, 0.25) is 0 Å². The summed E-state index contributed by atoms with van der Waals surface area (Å²) in [6.45, 7) is 7.08. The molecular weight excluding hydrogens is 238 g/mol. The first-order valence-corrected chi connectivity index (χ1v) is 7.02. The Labute approximate surface area is 116 Å². The van der Waals surface area contributed by atoms with Crippen LogP contribution in [0.15, 0.2) is 24.3 Å². The third-order valence-corrected chi connectivity index (χ3v) is 3.32. The zero-order chi connectivity index (χ0) is 14.3. The second-order valence-electron chi connectivity index (χ2n) is 5.35. The highest BCUT2D eigenvalue weighted by Crippen LogP contribution is 2.22. The Hall–Kier alpha value is -1.35. The summed E-state index contributed by atoms with van der Waals surface area (Å²) in [6.07, 6.45) is 1.11. The number of nitrogens with one attached hydrogen (secondary N) is 1. The number of hydrogen-bond donors (Lipinski definition) is 2. The summed E-state index contributed by atoms with van der Waals surface area (Å²) in [4.78, 5) is 11.7. The van der Waals surface area contributed by atoms with Gasteiger partial charge in [0.05, 0.1) is 0 Å². The zero-order valence-electron chi connectivity index (χ0n) is 12.1. The van der Waals surface area contributed by atoms with E-state index in [4.69, 9.17) is 5.11 Å². The van der Waals surface area contributed by atoms with Crippen LogP contribution in [-0.2, 0) is 4.79 Å². The Morgan fingerprint density at radius 1 is 1.16 bits per heavy atom. The van der Waals surface area contributed by atoms with Crippen molar-refractivity contribution in [2.24, 2.45) is 0 Å². The third-order valence-electron chi connectivity index (χ3n) is 3.32. The Bertz CT molecular complexity index is 384. The molecule has 0 saturated heterocycles. The lowest BCUT2D eigenvalue weighted by molar-refractivity contribution is -0.121. The molecule has 0 saturated carbocycles. The van der Waals surface area contributed by atoms with Crippen LogP contribution >= 0.6 is 0 Å². The molecule has 0 bridgehead atoms. The molecular formula is C16H25NO2. The molecule has 1 rings (SSSR count). The van der Waals surface area contributed by atoms with Crippen LogP contribution in [0, 0.1) is 0 Å². The van der Waals surface area contributed by atoms with E-state index in [1.807, 2.05) is 0 Å². The van der Waals surface area contributed by atoms with E-state index in [9.17, 15) is 4.79 Å². The van der Waals surface area contributed by atoms with Crippen molar-refractivity contribution < 1.29 is 9.90 Å². The summed E-state index contributed by atoms with van der Waals surface area (Å²) in [7, 11) is 0. The van der Waals surface area contributed by atoms with Crippen molar-refractivity contribution >= 4 is 5.91 Å². The molecule has 0 aliphatic carbocycles. The third kappa shape index (κ3) is 5.43. The van der Waals surface area contributed by atoms with Gasteiger partial charge in [-0.1, -0.05) is 45.0 Å². The predicted octanol–water partition coefficient (Wildman–Crippen LogP) is 2.80. The molecule has 1 amide bonds. The SMILES string of the molecule is CC(C)c1ccc(C(C)CC(=O)NCCCO)cc1. The number of aliphatic hydroxyl groups is 1. The van der Waals surface area contributed by atoms with E-state index < -0.39 is 0 Å². The molecule has 0 aliphatic rings. The topological polar surface area (TPSA) is 49.3 Å². The molecule has 19 heavy (non-hydrogen) atoms. The molecule has 1 atom stereocenters. The Kier molecular flexibility index (Phi) is 6.57. The molecule has 106 valence electrons. The highest BCUT2D eigenvalue weighted by Gasteiger charge is 2.11. The van der Waals surface area contributed by atoms with Gasteiger partial charge in [0.25, 0.3) is 0 Å². The van der Waals surface area contributed by atoms with Gasteiger partial charge >= 0.3 is 0 Å². The van der Waals surface area contributed by atoms with Gasteiger partial charge in [0.1, 0.15) is 0 Å². The van der Waals surface area contributed by atoms with E-state index in [-0.39, 0.29) is 18.4 Å². The predicted molar refractivity (Wildman–Crippen MR) is 78.3 cm³/mol. The number of aliphatic hydroxyl groups excluding tert-OH is 1. The Balaban J connectivity index is 2.48. The number of amides is 1. The van der Waals surface area contributed by atoms with Gasteiger partial charge in [0.2, 0.25) is 5.91 Å². The maximum atomic E-state index is 11.7. The van der Waals surface area contributed by atoms with E-state index in [1.165, 1.54) is 11.1 Å². The van der Waals surface area contributed by atoms with Crippen LogP contribution in [0.25, 0.3) is 0 Å². The van der Waals surface area contributed by atoms with Gasteiger partial charge in [0.15, 0.2) is 0 Å². The summed E-state index contributed by atoms with van der Waals surface area (Å²) >= 11 is 0. The summed E-state index contributed by atoms with van der Waals surface area (Å²) in [5.41, 5.74) is 2.52. The van der Waals surface area contributed by atoms with Gasteiger partial charge in [-0.15, -0.1) is 0 Å². The number of carbonyl (C=O) groups excluding carboxylic acids is 1. The van der Waals surface area contributed by atoms with Gasteiger partial charge in [-0.05, 0) is 29.4 Å². The van der Waals surface area contributed by atoms with E-state index in [2.05, 4.69) is 50.4 Å². The molecule has 1 aromatic rings. The summed E-state index contributed by atoms with van der Waals surface area (Å²) in [5, 5.41) is 11.5. The fraction of sp³-hybridized carbons (Fsp3) is 0.562. The van der Waals surface area contributed by atoms with Crippen molar-refractivity contribution in [1.29, 1.82) is 0 Å². The lowest BCUT2D eigenvalue weighted by atomic mass is 9.94. The summed E-state index contributed by atoms with van der Waals surface area (Å²) < 4.78 is 0. The number of rotatable bonds is 7. The molecule has 3 heteroatoms. The Morgan fingerprint density at radius 2 is 1.74 bits per heavy atom. The molecule has 0 aromatic heterocycles. The quantitative estimate of drug-likeness (QED) is 0.743. The van der Waals surface area contributed by atoms with Crippen LogP contribution in [0.4, 0.5) is 0 Å². The van der Waals surface area contributed by atoms with Crippen LogP contribution < -0.4 is 5.32 Å². The standard InChI is InChI=1S/C16H25NO2/c1-12(2)14-5-7-15(8-6-14)13(3)11-16(19)17-9-4-10-18/h5-8,12-13,18H,4,9-11H2,1-3H3,(H,17,19). The van der Waals surface area contributed by atoms with Crippen molar-refractivity contribution in [3.63, 3.8) is 0 Å². The molecule has 0 heterocycles. The highest BCUT2D eigenvalue weighted by atomic mass is 16.3. The smallest absolute Gasteiger partial charge is 0.220 e. The first-order chi connectivity index (χ1) is 9.04. The van der Waals surface area contributed by atoms with Gasteiger partial charge in [0, 0.05) is 19.6 Å².